The highest BCUT2D eigenvalue weighted by molar-refractivity contribution is 7.18. The first kappa shape index (κ1) is 20.3. The van der Waals surface area contributed by atoms with Gasteiger partial charge in [-0.25, -0.2) is 0 Å². The minimum atomic E-state index is -0.621. The zero-order valence-electron chi connectivity index (χ0n) is 16.2. The Morgan fingerprint density at radius 1 is 1.21 bits per heavy atom. The van der Waals surface area contributed by atoms with Gasteiger partial charge < -0.3 is 10.1 Å². The lowest BCUT2D eigenvalue weighted by molar-refractivity contribution is -0.126. The molecule has 2 amide bonds. The summed E-state index contributed by atoms with van der Waals surface area (Å²) in [5, 5.41) is 14.7. The van der Waals surface area contributed by atoms with E-state index in [1.165, 1.54) is 37.0 Å². The van der Waals surface area contributed by atoms with Gasteiger partial charge in [-0.15, -0.1) is 10.2 Å². The van der Waals surface area contributed by atoms with Crippen molar-refractivity contribution >= 4 is 28.3 Å². The molecule has 0 bridgehead atoms. The molecule has 1 aliphatic carbocycles. The van der Waals surface area contributed by atoms with Crippen molar-refractivity contribution in [2.24, 2.45) is 5.92 Å². The molecule has 1 aromatic carbocycles. The summed E-state index contributed by atoms with van der Waals surface area (Å²) in [5.74, 6) is 1.05. The molecule has 1 aliphatic rings. The topological polar surface area (TPSA) is 93.2 Å². The monoisotopic (exact) mass is 402 g/mol. The summed E-state index contributed by atoms with van der Waals surface area (Å²) in [5.41, 5.74) is 0.895. The molecular weight excluding hydrogens is 376 g/mol. The van der Waals surface area contributed by atoms with Crippen LogP contribution in [-0.4, -0.2) is 35.2 Å². The molecule has 3 rings (SSSR count). The van der Waals surface area contributed by atoms with E-state index in [9.17, 15) is 9.59 Å². The average molecular weight is 403 g/mol. The Balaban J connectivity index is 1.48. The number of benzene rings is 1. The van der Waals surface area contributed by atoms with Crippen LogP contribution in [0.2, 0.25) is 0 Å². The number of hydrogen-bond donors (Lipinski definition) is 2. The van der Waals surface area contributed by atoms with Gasteiger partial charge in [-0.1, -0.05) is 37.0 Å². The second kappa shape index (κ2) is 9.64. The number of ether oxygens (including phenoxy) is 1. The maximum atomic E-state index is 12.3. The predicted molar refractivity (Wildman–Crippen MR) is 109 cm³/mol. The Bertz CT molecular complexity index is 800. The summed E-state index contributed by atoms with van der Waals surface area (Å²) in [6.45, 7) is 1.67. The van der Waals surface area contributed by atoms with E-state index in [0.29, 0.717) is 22.5 Å². The van der Waals surface area contributed by atoms with Crippen molar-refractivity contribution < 1.29 is 14.3 Å². The van der Waals surface area contributed by atoms with Gasteiger partial charge in [-0.2, -0.15) is 0 Å². The van der Waals surface area contributed by atoms with Crippen molar-refractivity contribution in [1.82, 2.24) is 15.5 Å². The summed E-state index contributed by atoms with van der Waals surface area (Å²) in [4.78, 5) is 24.4. The van der Waals surface area contributed by atoms with E-state index in [2.05, 4.69) is 20.8 Å². The number of carbonyl (C=O) groups excluding carboxylic acids is 2. The quantitative estimate of drug-likeness (QED) is 0.703. The van der Waals surface area contributed by atoms with E-state index in [1.54, 1.807) is 14.0 Å². The van der Waals surface area contributed by atoms with Crippen LogP contribution in [0.3, 0.4) is 0 Å². The van der Waals surface area contributed by atoms with Crippen LogP contribution in [0.4, 0.5) is 5.13 Å². The third kappa shape index (κ3) is 5.51. The molecule has 8 heteroatoms. The van der Waals surface area contributed by atoms with Crippen molar-refractivity contribution in [2.75, 3.05) is 12.4 Å². The van der Waals surface area contributed by atoms with E-state index in [4.69, 9.17) is 4.74 Å². The number of anilines is 1. The van der Waals surface area contributed by atoms with Gasteiger partial charge >= 0.3 is 0 Å². The van der Waals surface area contributed by atoms with Crippen LogP contribution in [0.1, 0.15) is 45.4 Å². The van der Waals surface area contributed by atoms with E-state index < -0.39 is 6.04 Å². The molecule has 0 spiro atoms. The second-order valence-corrected chi connectivity index (χ2v) is 8.09. The summed E-state index contributed by atoms with van der Waals surface area (Å²) < 4.78 is 5.14. The Morgan fingerprint density at radius 3 is 2.61 bits per heavy atom. The van der Waals surface area contributed by atoms with Gasteiger partial charge in [0.15, 0.2) is 0 Å². The summed E-state index contributed by atoms with van der Waals surface area (Å²) in [7, 11) is 1.61. The van der Waals surface area contributed by atoms with E-state index in [-0.39, 0.29) is 11.8 Å². The third-order valence-electron chi connectivity index (χ3n) is 5.02. The molecule has 0 aliphatic heterocycles. The Labute approximate surface area is 168 Å². The van der Waals surface area contributed by atoms with Gasteiger partial charge in [0, 0.05) is 12.0 Å². The second-order valence-electron chi connectivity index (χ2n) is 7.11. The van der Waals surface area contributed by atoms with Crippen LogP contribution < -0.4 is 15.4 Å². The van der Waals surface area contributed by atoms with Crippen LogP contribution in [0.25, 0.3) is 10.6 Å². The molecule has 2 aromatic rings. The third-order valence-corrected chi connectivity index (χ3v) is 5.91. The molecule has 0 radical (unpaired) electrons. The average Bonchev–Trinajstić information content (AvgIpc) is 3.38. The fourth-order valence-corrected chi connectivity index (χ4v) is 4.10. The van der Waals surface area contributed by atoms with Crippen LogP contribution in [0.5, 0.6) is 5.75 Å². The highest BCUT2D eigenvalue weighted by Gasteiger charge is 2.20. The number of rotatable bonds is 8. The van der Waals surface area contributed by atoms with Crippen molar-refractivity contribution in [2.45, 2.75) is 51.5 Å². The zero-order chi connectivity index (χ0) is 19.9. The largest absolute Gasteiger partial charge is 0.497 e. The Morgan fingerprint density at radius 2 is 1.93 bits per heavy atom. The van der Waals surface area contributed by atoms with Crippen molar-refractivity contribution in [3.63, 3.8) is 0 Å². The normalized spacial score (nSPS) is 15.2. The molecule has 1 aromatic heterocycles. The van der Waals surface area contributed by atoms with Crippen LogP contribution in [0.15, 0.2) is 24.3 Å². The van der Waals surface area contributed by atoms with Crippen LogP contribution in [0, 0.1) is 5.92 Å². The van der Waals surface area contributed by atoms with E-state index >= 15 is 0 Å². The van der Waals surface area contributed by atoms with Gasteiger partial charge in [-0.05, 0) is 43.5 Å². The van der Waals surface area contributed by atoms with Gasteiger partial charge in [-0.3, -0.25) is 14.9 Å². The molecule has 0 saturated heterocycles. The fourth-order valence-electron chi connectivity index (χ4n) is 3.35. The molecule has 150 valence electrons. The number of aromatic nitrogens is 2. The maximum Gasteiger partial charge on any atom is 0.248 e. The first-order valence-electron chi connectivity index (χ1n) is 9.63. The molecular formula is C20H26N4O3S. The fraction of sp³-hybridized carbons (Fsp3) is 0.500. The molecule has 28 heavy (non-hydrogen) atoms. The van der Waals surface area contributed by atoms with Crippen LogP contribution >= 0.6 is 11.3 Å². The number of nitrogens with zero attached hydrogens (tertiary/aromatic N) is 2. The van der Waals surface area contributed by atoms with Gasteiger partial charge in [0.05, 0.1) is 7.11 Å². The predicted octanol–water partition coefficient (Wildman–Crippen LogP) is 3.63. The molecule has 1 saturated carbocycles. The molecule has 2 N–H and O–H groups in total. The molecule has 1 fully saturated rings. The van der Waals surface area contributed by atoms with Crippen molar-refractivity contribution in [1.29, 1.82) is 0 Å². The van der Waals surface area contributed by atoms with E-state index in [1.807, 2.05) is 24.3 Å². The lowest BCUT2D eigenvalue weighted by Crippen LogP contribution is -2.41. The highest BCUT2D eigenvalue weighted by Crippen LogP contribution is 2.29. The van der Waals surface area contributed by atoms with Gasteiger partial charge in [0.2, 0.25) is 16.9 Å². The minimum absolute atomic E-state index is 0.0780. The molecule has 1 heterocycles. The number of hydrogen-bond acceptors (Lipinski definition) is 6. The molecule has 7 nitrogen and oxygen atoms in total. The number of carbonyl (C=O) groups is 2. The van der Waals surface area contributed by atoms with Crippen molar-refractivity contribution in [3.8, 4) is 16.3 Å². The van der Waals surface area contributed by atoms with Crippen LogP contribution in [-0.2, 0) is 9.59 Å². The maximum absolute atomic E-state index is 12.3. The lowest BCUT2D eigenvalue weighted by atomic mass is 10.0. The first-order valence-corrected chi connectivity index (χ1v) is 10.4. The first-order chi connectivity index (χ1) is 13.5. The molecule has 1 atom stereocenters. The number of methoxy groups -OCH3 is 1. The lowest BCUT2D eigenvalue weighted by Gasteiger charge is -2.14. The minimum Gasteiger partial charge on any atom is -0.497 e. The van der Waals surface area contributed by atoms with Gasteiger partial charge in [0.1, 0.15) is 16.8 Å². The number of amides is 2. The number of nitrogens with one attached hydrogen (secondary N) is 2. The SMILES string of the molecule is COc1ccc(-c2nnc(NC(=O)C(C)NC(=O)CCC3CCCC3)s2)cc1. The summed E-state index contributed by atoms with van der Waals surface area (Å²) in [6.07, 6.45) is 6.36. The zero-order valence-corrected chi connectivity index (χ0v) is 17.1. The van der Waals surface area contributed by atoms with E-state index in [0.717, 1.165) is 17.7 Å². The summed E-state index contributed by atoms with van der Waals surface area (Å²) >= 11 is 1.28. The Hall–Kier alpha value is -2.48. The van der Waals surface area contributed by atoms with Gasteiger partial charge in [0.25, 0.3) is 0 Å². The highest BCUT2D eigenvalue weighted by atomic mass is 32.1. The van der Waals surface area contributed by atoms with Crippen molar-refractivity contribution in [3.05, 3.63) is 24.3 Å². The molecule has 1 unspecified atom stereocenters. The Kier molecular flexibility index (Phi) is 6.97. The summed E-state index contributed by atoms with van der Waals surface area (Å²) in [6, 6.07) is 6.84. The standard InChI is InChI=1S/C20H26N4O3S/c1-13(21-17(25)12-7-14-5-3-4-6-14)18(26)22-20-24-23-19(28-20)15-8-10-16(27-2)11-9-15/h8-11,13-14H,3-7,12H2,1-2H3,(H,21,25)(H,22,24,26). The smallest absolute Gasteiger partial charge is 0.248 e.